The number of benzene rings is 2. The van der Waals surface area contributed by atoms with Crippen LogP contribution in [0, 0.1) is 0 Å². The summed E-state index contributed by atoms with van der Waals surface area (Å²) in [6, 6.07) is 18.1. The lowest BCUT2D eigenvalue weighted by Gasteiger charge is -2.12. The van der Waals surface area contributed by atoms with Gasteiger partial charge >= 0.3 is 0 Å². The summed E-state index contributed by atoms with van der Waals surface area (Å²) in [7, 11) is 0. The average Bonchev–Trinajstić information content (AvgIpc) is 2.64. The van der Waals surface area contributed by atoms with Gasteiger partial charge in [-0.15, -0.1) is 0 Å². The number of rotatable bonds is 6. The molecule has 0 aliphatic rings. The molecular formula is C20H18ClN3O2. The van der Waals surface area contributed by atoms with Gasteiger partial charge in [-0.25, -0.2) is 0 Å². The van der Waals surface area contributed by atoms with Crippen LogP contribution in [0.5, 0.6) is 5.75 Å². The number of carbonyl (C=O) groups excluding carboxylic acids is 1. The minimum absolute atomic E-state index is 0.295. The molecule has 0 bridgehead atoms. The number of hydrogen-bond donors (Lipinski definition) is 2. The molecule has 1 heterocycles. The van der Waals surface area contributed by atoms with Gasteiger partial charge in [-0.3, -0.25) is 9.78 Å². The van der Waals surface area contributed by atoms with E-state index in [1.807, 2.05) is 37.3 Å². The average molecular weight is 368 g/mol. The summed E-state index contributed by atoms with van der Waals surface area (Å²) in [5, 5.41) is 6.68. The number of halogens is 1. The molecule has 5 nitrogen and oxygen atoms in total. The highest BCUT2D eigenvalue weighted by Crippen LogP contribution is 2.25. The number of carbonyl (C=O) groups is 1. The van der Waals surface area contributed by atoms with Crippen molar-refractivity contribution in [3.8, 4) is 5.75 Å². The highest BCUT2D eigenvalue weighted by molar-refractivity contribution is 6.30. The Bertz CT molecular complexity index is 915. The quantitative estimate of drug-likeness (QED) is 0.634. The molecule has 0 aliphatic carbocycles. The second-order valence-corrected chi connectivity index (χ2v) is 5.88. The van der Waals surface area contributed by atoms with E-state index in [1.54, 1.807) is 36.5 Å². The third kappa shape index (κ3) is 4.52. The van der Waals surface area contributed by atoms with Crippen LogP contribution in [0.3, 0.4) is 0 Å². The maximum atomic E-state index is 12.6. The number of amides is 1. The predicted molar refractivity (Wildman–Crippen MR) is 105 cm³/mol. The second kappa shape index (κ2) is 8.36. The maximum absolute atomic E-state index is 12.6. The van der Waals surface area contributed by atoms with Crippen LogP contribution < -0.4 is 15.4 Å². The Morgan fingerprint density at radius 2 is 1.88 bits per heavy atom. The molecule has 1 amide bonds. The molecular weight excluding hydrogens is 350 g/mol. The van der Waals surface area contributed by atoms with E-state index in [-0.39, 0.29) is 5.91 Å². The second-order valence-electron chi connectivity index (χ2n) is 5.45. The number of hydrogen-bond acceptors (Lipinski definition) is 4. The molecule has 0 saturated heterocycles. The molecule has 0 fully saturated rings. The Hall–Kier alpha value is -3.05. The summed E-state index contributed by atoms with van der Waals surface area (Å²) >= 11 is 6.00. The Morgan fingerprint density at radius 3 is 2.69 bits per heavy atom. The molecule has 0 atom stereocenters. The fourth-order valence-corrected chi connectivity index (χ4v) is 2.59. The minimum Gasteiger partial charge on any atom is -0.492 e. The standard InChI is InChI=1S/C20H18ClN3O2/c1-2-26-19-9-4-3-8-17(19)24-20(25)18-13-16(10-11-22-18)23-15-7-5-6-14(21)12-15/h3-13H,2H2,1H3,(H,22,23)(H,24,25). The Balaban J connectivity index is 1.76. The van der Waals surface area contributed by atoms with Crippen LogP contribution in [0.2, 0.25) is 5.02 Å². The van der Waals surface area contributed by atoms with E-state index in [0.29, 0.717) is 28.8 Å². The van der Waals surface area contributed by atoms with Crippen LogP contribution in [-0.2, 0) is 0 Å². The number of nitrogens with zero attached hydrogens (tertiary/aromatic N) is 1. The zero-order valence-corrected chi connectivity index (χ0v) is 15.0. The van der Waals surface area contributed by atoms with Crippen molar-refractivity contribution in [3.63, 3.8) is 0 Å². The molecule has 2 aromatic carbocycles. The van der Waals surface area contributed by atoms with Gasteiger partial charge in [-0.05, 0) is 49.4 Å². The number of pyridine rings is 1. The van der Waals surface area contributed by atoms with E-state index >= 15 is 0 Å². The van der Waals surface area contributed by atoms with Crippen molar-refractivity contribution in [1.29, 1.82) is 0 Å². The van der Waals surface area contributed by atoms with Crippen molar-refractivity contribution in [1.82, 2.24) is 4.98 Å². The monoisotopic (exact) mass is 367 g/mol. The smallest absolute Gasteiger partial charge is 0.274 e. The van der Waals surface area contributed by atoms with Gasteiger partial charge < -0.3 is 15.4 Å². The lowest BCUT2D eigenvalue weighted by Crippen LogP contribution is -2.14. The van der Waals surface area contributed by atoms with E-state index in [4.69, 9.17) is 16.3 Å². The number of nitrogens with one attached hydrogen (secondary N) is 2. The highest BCUT2D eigenvalue weighted by atomic mass is 35.5. The van der Waals surface area contributed by atoms with Crippen molar-refractivity contribution in [2.75, 3.05) is 17.2 Å². The first-order chi connectivity index (χ1) is 12.7. The summed E-state index contributed by atoms with van der Waals surface area (Å²) in [6.45, 7) is 2.41. The molecule has 2 N–H and O–H groups in total. The van der Waals surface area contributed by atoms with Crippen LogP contribution in [0.1, 0.15) is 17.4 Å². The Morgan fingerprint density at radius 1 is 1.08 bits per heavy atom. The van der Waals surface area contributed by atoms with Gasteiger partial charge in [0.05, 0.1) is 12.3 Å². The predicted octanol–water partition coefficient (Wildman–Crippen LogP) is 5.13. The lowest BCUT2D eigenvalue weighted by molar-refractivity contribution is 0.102. The lowest BCUT2D eigenvalue weighted by atomic mass is 10.2. The van der Waals surface area contributed by atoms with Crippen molar-refractivity contribution in [2.24, 2.45) is 0 Å². The molecule has 26 heavy (non-hydrogen) atoms. The van der Waals surface area contributed by atoms with Crippen molar-refractivity contribution in [2.45, 2.75) is 6.92 Å². The number of para-hydroxylation sites is 2. The first kappa shape index (κ1) is 17.8. The summed E-state index contributed by atoms with van der Waals surface area (Å²) < 4.78 is 5.53. The van der Waals surface area contributed by atoms with Gasteiger partial charge in [0.1, 0.15) is 11.4 Å². The van der Waals surface area contributed by atoms with Crippen LogP contribution in [0.25, 0.3) is 0 Å². The zero-order chi connectivity index (χ0) is 18.4. The first-order valence-corrected chi connectivity index (χ1v) is 8.55. The zero-order valence-electron chi connectivity index (χ0n) is 14.2. The fraction of sp³-hybridized carbons (Fsp3) is 0.100. The topological polar surface area (TPSA) is 63.2 Å². The summed E-state index contributed by atoms with van der Waals surface area (Å²) in [5.74, 6) is 0.309. The number of ether oxygens (including phenoxy) is 1. The Kier molecular flexibility index (Phi) is 5.71. The molecule has 3 rings (SSSR count). The maximum Gasteiger partial charge on any atom is 0.274 e. The van der Waals surface area contributed by atoms with Gasteiger partial charge in [0.15, 0.2) is 0 Å². The molecule has 0 aliphatic heterocycles. The molecule has 1 aromatic heterocycles. The van der Waals surface area contributed by atoms with Crippen molar-refractivity contribution >= 4 is 34.6 Å². The van der Waals surface area contributed by atoms with Gasteiger partial charge in [0.2, 0.25) is 0 Å². The first-order valence-electron chi connectivity index (χ1n) is 8.17. The van der Waals surface area contributed by atoms with Gasteiger partial charge in [-0.2, -0.15) is 0 Å². The van der Waals surface area contributed by atoms with Crippen LogP contribution in [-0.4, -0.2) is 17.5 Å². The van der Waals surface area contributed by atoms with E-state index in [2.05, 4.69) is 15.6 Å². The summed E-state index contributed by atoms with van der Waals surface area (Å²) in [5.41, 5.74) is 2.47. The van der Waals surface area contributed by atoms with Crippen LogP contribution in [0.15, 0.2) is 66.9 Å². The minimum atomic E-state index is -0.313. The van der Waals surface area contributed by atoms with Crippen molar-refractivity contribution < 1.29 is 9.53 Å². The van der Waals surface area contributed by atoms with Crippen LogP contribution >= 0.6 is 11.6 Å². The van der Waals surface area contributed by atoms with E-state index < -0.39 is 0 Å². The highest BCUT2D eigenvalue weighted by Gasteiger charge is 2.11. The molecule has 0 radical (unpaired) electrons. The molecule has 0 spiro atoms. The van der Waals surface area contributed by atoms with E-state index in [0.717, 1.165) is 11.4 Å². The van der Waals surface area contributed by atoms with Crippen LogP contribution in [0.4, 0.5) is 17.1 Å². The third-order valence-electron chi connectivity index (χ3n) is 3.54. The largest absolute Gasteiger partial charge is 0.492 e. The van der Waals surface area contributed by atoms with E-state index in [1.165, 1.54) is 0 Å². The van der Waals surface area contributed by atoms with Gasteiger partial charge in [0, 0.05) is 22.6 Å². The van der Waals surface area contributed by atoms with Gasteiger partial charge in [0.25, 0.3) is 5.91 Å². The van der Waals surface area contributed by atoms with E-state index in [9.17, 15) is 4.79 Å². The normalized spacial score (nSPS) is 10.2. The molecule has 132 valence electrons. The summed E-state index contributed by atoms with van der Waals surface area (Å²) in [6.07, 6.45) is 1.58. The number of aromatic nitrogens is 1. The SMILES string of the molecule is CCOc1ccccc1NC(=O)c1cc(Nc2cccc(Cl)c2)ccn1. The molecule has 0 unspecified atom stereocenters. The van der Waals surface area contributed by atoms with Crippen molar-refractivity contribution in [3.05, 3.63) is 77.6 Å². The number of anilines is 3. The Labute approximate surface area is 157 Å². The summed E-state index contributed by atoms with van der Waals surface area (Å²) in [4.78, 5) is 16.7. The molecule has 6 heteroatoms. The van der Waals surface area contributed by atoms with Gasteiger partial charge in [-0.1, -0.05) is 29.8 Å². The molecule has 3 aromatic rings. The third-order valence-corrected chi connectivity index (χ3v) is 3.78. The molecule has 0 saturated carbocycles. The fourth-order valence-electron chi connectivity index (χ4n) is 2.40.